The third-order valence-electron chi connectivity index (χ3n) is 6.11. The van der Waals surface area contributed by atoms with Gasteiger partial charge in [0.1, 0.15) is 17.2 Å². The van der Waals surface area contributed by atoms with Crippen molar-refractivity contribution in [2.75, 3.05) is 27.3 Å². The third kappa shape index (κ3) is 4.65. The minimum Gasteiger partial charge on any atom is -0.496 e. The Morgan fingerprint density at radius 3 is 2.38 bits per heavy atom. The lowest BCUT2D eigenvalue weighted by molar-refractivity contribution is -0.135. The van der Waals surface area contributed by atoms with E-state index in [0.717, 1.165) is 18.4 Å². The van der Waals surface area contributed by atoms with E-state index in [0.29, 0.717) is 22.1 Å². The molecule has 9 heteroatoms. The maximum absolute atomic E-state index is 15.4. The first-order valence-corrected chi connectivity index (χ1v) is 11.6. The number of alkyl halides is 1. The van der Waals surface area contributed by atoms with Crippen LogP contribution in [0.1, 0.15) is 38.4 Å². The zero-order chi connectivity index (χ0) is 24.5. The van der Waals surface area contributed by atoms with Crippen LogP contribution in [-0.2, 0) is 16.0 Å². The van der Waals surface area contributed by atoms with E-state index < -0.39 is 17.4 Å². The number of methoxy groups -OCH3 is 2. The number of carbonyl (C=O) groups is 3. The van der Waals surface area contributed by atoms with Gasteiger partial charge in [0.05, 0.1) is 24.7 Å². The maximum atomic E-state index is 15.4. The molecule has 0 saturated carbocycles. The van der Waals surface area contributed by atoms with E-state index in [9.17, 15) is 18.8 Å². The number of hydrogen-bond donors (Lipinski definition) is 0. The smallest absolute Gasteiger partial charge is 0.380 e. The number of amides is 1. The van der Waals surface area contributed by atoms with Gasteiger partial charge in [-0.1, -0.05) is 12.1 Å². The Hall–Kier alpha value is -3.33. The summed E-state index contributed by atoms with van der Waals surface area (Å²) in [6, 6.07) is 8.95. The van der Waals surface area contributed by atoms with Crippen molar-refractivity contribution < 1.29 is 32.6 Å². The van der Waals surface area contributed by atoms with Gasteiger partial charge in [0, 0.05) is 24.9 Å². The first-order valence-electron chi connectivity index (χ1n) is 10.7. The molecule has 1 fully saturated rings. The highest BCUT2D eigenvalue weighted by molar-refractivity contribution is 7.14. The summed E-state index contributed by atoms with van der Waals surface area (Å²) in [4.78, 5) is 39.2. The third-order valence-corrected chi connectivity index (χ3v) is 7.12. The summed E-state index contributed by atoms with van der Waals surface area (Å²) >= 11 is 1.09. The van der Waals surface area contributed by atoms with Crippen molar-refractivity contribution in [1.29, 1.82) is 0 Å². The van der Waals surface area contributed by atoms with Crippen LogP contribution < -0.4 is 4.74 Å². The first-order chi connectivity index (χ1) is 16.2. The fourth-order valence-corrected chi connectivity index (χ4v) is 5.13. The summed E-state index contributed by atoms with van der Waals surface area (Å²) in [6.07, 6.45) is 0.439. The van der Waals surface area contributed by atoms with Gasteiger partial charge in [-0.2, -0.15) is 0 Å². The summed E-state index contributed by atoms with van der Waals surface area (Å²) in [5, 5.41) is 2.82. The predicted octanol–water partition coefficient (Wildman–Crippen LogP) is 4.59. The summed E-state index contributed by atoms with van der Waals surface area (Å²) in [6.45, 7) is 0.407. The van der Waals surface area contributed by atoms with Crippen molar-refractivity contribution in [3.63, 3.8) is 0 Å². The zero-order valence-electron chi connectivity index (χ0n) is 18.7. The molecule has 1 saturated heterocycles. The Kier molecular flexibility index (Phi) is 6.65. The van der Waals surface area contributed by atoms with E-state index in [1.807, 2.05) is 0 Å². The molecular weight excluding hydrogens is 464 g/mol. The van der Waals surface area contributed by atoms with Crippen molar-refractivity contribution in [3.05, 3.63) is 63.6 Å². The van der Waals surface area contributed by atoms with Crippen LogP contribution in [0, 0.1) is 5.82 Å². The number of rotatable bonds is 6. The Labute approximate surface area is 199 Å². The summed E-state index contributed by atoms with van der Waals surface area (Å²) < 4.78 is 38.5. The molecule has 1 aliphatic heterocycles. The average Bonchev–Trinajstić information content (AvgIpc) is 3.26. The number of likely N-dealkylation sites (tertiary alicyclic amines) is 1. The maximum Gasteiger partial charge on any atom is 0.380 e. The van der Waals surface area contributed by atoms with E-state index in [2.05, 4.69) is 4.74 Å². The molecular formula is C25H23F2NO5S. The Bertz CT molecular complexity index is 1250. The highest BCUT2D eigenvalue weighted by Gasteiger charge is 2.37. The van der Waals surface area contributed by atoms with Crippen molar-refractivity contribution in [3.8, 4) is 5.75 Å². The fourth-order valence-electron chi connectivity index (χ4n) is 4.20. The van der Waals surface area contributed by atoms with Gasteiger partial charge >= 0.3 is 5.97 Å². The molecule has 6 nitrogen and oxygen atoms in total. The predicted molar refractivity (Wildman–Crippen MR) is 124 cm³/mol. The van der Waals surface area contributed by atoms with Crippen LogP contribution in [0.25, 0.3) is 10.8 Å². The van der Waals surface area contributed by atoms with Gasteiger partial charge in [0.2, 0.25) is 0 Å². The monoisotopic (exact) mass is 487 g/mol. The molecule has 0 atom stereocenters. The van der Waals surface area contributed by atoms with Crippen LogP contribution >= 0.6 is 11.3 Å². The Balaban J connectivity index is 1.55. The standard InChI is InChI=1S/C25H23F2NO5S/c1-32-20-11-16-14-34-22(21(29)24(31)33-2)18(16)12-19(20)23(30)28-9-7-25(27,8-10-28)13-15-3-5-17(26)6-4-15/h3-6,11-12,14H,7-10,13H2,1-2H3. The number of hydrogen-bond acceptors (Lipinski definition) is 6. The number of halogens is 2. The molecule has 1 aromatic heterocycles. The number of Topliss-reactive ketones (excluding diaryl/α,β-unsaturated/α-hetero) is 1. The quantitative estimate of drug-likeness (QED) is 0.289. The first kappa shape index (κ1) is 23.8. The molecule has 178 valence electrons. The number of ether oxygens (including phenoxy) is 2. The van der Waals surface area contributed by atoms with Crippen molar-refractivity contribution in [2.24, 2.45) is 0 Å². The molecule has 0 aliphatic carbocycles. The number of piperidine rings is 1. The van der Waals surface area contributed by atoms with Crippen molar-refractivity contribution in [1.82, 2.24) is 4.90 Å². The highest BCUT2D eigenvalue weighted by Crippen LogP contribution is 2.35. The molecule has 0 spiro atoms. The number of ketones is 1. The molecule has 0 N–H and O–H groups in total. The molecule has 3 aromatic rings. The zero-order valence-corrected chi connectivity index (χ0v) is 19.5. The molecule has 2 aromatic carbocycles. The average molecular weight is 488 g/mol. The molecule has 2 heterocycles. The van der Waals surface area contributed by atoms with E-state index in [1.165, 1.54) is 19.2 Å². The normalized spacial score (nSPS) is 15.2. The van der Waals surface area contributed by atoms with Crippen LogP contribution in [0.2, 0.25) is 0 Å². The van der Waals surface area contributed by atoms with E-state index in [-0.39, 0.29) is 54.5 Å². The summed E-state index contributed by atoms with van der Waals surface area (Å²) in [5.41, 5.74) is -0.552. The van der Waals surface area contributed by atoms with Crippen molar-refractivity contribution in [2.45, 2.75) is 24.9 Å². The van der Waals surface area contributed by atoms with Crippen molar-refractivity contribution >= 4 is 39.8 Å². The molecule has 4 rings (SSSR count). The van der Waals surface area contributed by atoms with E-state index in [1.54, 1.807) is 34.5 Å². The lowest BCUT2D eigenvalue weighted by Crippen LogP contribution is -2.45. The van der Waals surface area contributed by atoms with Crippen LogP contribution in [-0.4, -0.2) is 55.5 Å². The number of esters is 1. The Morgan fingerprint density at radius 2 is 1.76 bits per heavy atom. The number of nitrogens with zero attached hydrogens (tertiary/aromatic N) is 1. The minimum absolute atomic E-state index is 0.144. The second-order valence-electron chi connectivity index (χ2n) is 8.27. The fraction of sp³-hybridized carbons (Fsp3) is 0.320. The molecule has 0 bridgehead atoms. The van der Waals surface area contributed by atoms with Gasteiger partial charge in [-0.15, -0.1) is 11.3 Å². The van der Waals surface area contributed by atoms with Gasteiger partial charge in [0.15, 0.2) is 0 Å². The number of fused-ring (bicyclic) bond motifs is 1. The molecule has 1 aliphatic rings. The molecule has 1 amide bonds. The lowest BCUT2D eigenvalue weighted by Gasteiger charge is -2.36. The molecule has 0 radical (unpaired) electrons. The van der Waals surface area contributed by atoms with Crippen LogP contribution in [0.3, 0.4) is 0 Å². The SMILES string of the molecule is COC(=O)C(=O)c1scc2cc(OC)c(C(=O)N3CCC(F)(Cc4ccc(F)cc4)CC3)cc12. The van der Waals surface area contributed by atoms with E-state index in [4.69, 9.17) is 4.74 Å². The van der Waals surface area contributed by atoms with Gasteiger partial charge < -0.3 is 14.4 Å². The van der Waals surface area contributed by atoms with Gasteiger partial charge in [-0.25, -0.2) is 13.6 Å². The minimum atomic E-state index is -1.49. The summed E-state index contributed by atoms with van der Waals surface area (Å²) in [5.74, 6) is -2.15. The van der Waals surface area contributed by atoms with Gasteiger partial charge in [-0.05, 0) is 53.4 Å². The number of thiophene rings is 1. The lowest BCUT2D eigenvalue weighted by atomic mass is 9.86. The van der Waals surface area contributed by atoms with Crippen LogP contribution in [0.4, 0.5) is 8.78 Å². The number of benzene rings is 2. The van der Waals surface area contributed by atoms with Gasteiger partial charge in [-0.3, -0.25) is 9.59 Å². The van der Waals surface area contributed by atoms with Crippen LogP contribution in [0.15, 0.2) is 41.8 Å². The molecule has 34 heavy (non-hydrogen) atoms. The summed E-state index contributed by atoms with van der Waals surface area (Å²) in [7, 11) is 2.57. The van der Waals surface area contributed by atoms with Gasteiger partial charge in [0.25, 0.3) is 11.7 Å². The Morgan fingerprint density at radius 1 is 1.09 bits per heavy atom. The molecule has 0 unspecified atom stereocenters. The number of carbonyl (C=O) groups excluding carboxylic acids is 3. The van der Waals surface area contributed by atoms with E-state index >= 15 is 4.39 Å². The topological polar surface area (TPSA) is 72.9 Å². The second kappa shape index (κ2) is 9.50. The highest BCUT2D eigenvalue weighted by atomic mass is 32.1. The van der Waals surface area contributed by atoms with Crippen LogP contribution in [0.5, 0.6) is 5.75 Å². The second-order valence-corrected chi connectivity index (χ2v) is 9.15. The largest absolute Gasteiger partial charge is 0.496 e.